The van der Waals surface area contributed by atoms with E-state index in [-0.39, 0.29) is 13.1 Å². The van der Waals surface area contributed by atoms with E-state index < -0.39 is 17.3 Å². The lowest BCUT2D eigenvalue weighted by molar-refractivity contribution is -0.137. The van der Waals surface area contributed by atoms with Gasteiger partial charge in [0, 0.05) is 6.54 Å². The Hall–Kier alpha value is -2.54. The fraction of sp³-hybridized carbons (Fsp3) is 0.350. The highest BCUT2D eigenvalue weighted by Gasteiger charge is 2.30. The Morgan fingerprint density at radius 1 is 1.00 bits per heavy atom. The van der Waals surface area contributed by atoms with Crippen molar-refractivity contribution in [3.63, 3.8) is 0 Å². The molecule has 0 aliphatic carbocycles. The zero-order chi connectivity index (χ0) is 19.9. The Morgan fingerprint density at radius 2 is 1.67 bits per heavy atom. The van der Waals surface area contributed by atoms with Crippen LogP contribution in [0.1, 0.15) is 30.5 Å². The number of nitrogens with one attached hydrogen (secondary N) is 2. The van der Waals surface area contributed by atoms with Crippen LogP contribution in [0.5, 0.6) is 0 Å². The monoisotopic (exact) mass is 379 g/mol. The predicted molar refractivity (Wildman–Crippen MR) is 100 cm³/mol. The third-order valence-electron chi connectivity index (χ3n) is 4.01. The van der Waals surface area contributed by atoms with Crippen LogP contribution in [0, 0.1) is 0 Å². The summed E-state index contributed by atoms with van der Waals surface area (Å²) in [6.45, 7) is 4.45. The van der Waals surface area contributed by atoms with Gasteiger partial charge in [-0.1, -0.05) is 42.5 Å². The molecule has 7 heteroatoms. The van der Waals surface area contributed by atoms with E-state index in [1.807, 2.05) is 37.3 Å². The molecule has 0 bridgehead atoms. The van der Waals surface area contributed by atoms with Crippen LogP contribution in [0.25, 0.3) is 0 Å². The van der Waals surface area contributed by atoms with Crippen LogP contribution in [-0.4, -0.2) is 24.2 Å². The Morgan fingerprint density at radius 3 is 2.30 bits per heavy atom. The molecular weight excluding hydrogens is 355 g/mol. The third-order valence-corrected chi connectivity index (χ3v) is 4.01. The van der Waals surface area contributed by atoms with Crippen LogP contribution in [0.4, 0.5) is 13.2 Å². The van der Waals surface area contributed by atoms with E-state index in [2.05, 4.69) is 15.6 Å². The summed E-state index contributed by atoms with van der Waals surface area (Å²) in [7, 11) is 0. The predicted octanol–water partition coefficient (Wildman–Crippen LogP) is 3.67. The molecule has 1 atom stereocenters. The molecule has 0 spiro atoms. The van der Waals surface area contributed by atoms with E-state index in [1.54, 1.807) is 13.0 Å². The fourth-order valence-corrected chi connectivity index (χ4v) is 2.51. The second-order valence-electron chi connectivity index (χ2n) is 6.39. The first-order valence-corrected chi connectivity index (χ1v) is 8.68. The number of benzene rings is 2. The number of alkyl halides is 3. The minimum Gasteiger partial charge on any atom is -0.384 e. The molecule has 146 valence electrons. The van der Waals surface area contributed by atoms with Gasteiger partial charge in [-0.15, -0.1) is 0 Å². The molecule has 0 fully saturated rings. The van der Waals surface area contributed by atoms with Gasteiger partial charge in [-0.3, -0.25) is 0 Å². The van der Waals surface area contributed by atoms with Crippen LogP contribution in [0.15, 0.2) is 59.6 Å². The van der Waals surface area contributed by atoms with E-state index in [1.165, 1.54) is 6.07 Å². The van der Waals surface area contributed by atoms with Crippen molar-refractivity contribution in [2.24, 2.45) is 4.99 Å². The molecule has 4 nitrogen and oxygen atoms in total. The highest BCUT2D eigenvalue weighted by Crippen LogP contribution is 2.29. The second kappa shape index (κ2) is 8.90. The number of hydrogen-bond donors (Lipinski definition) is 3. The molecule has 0 radical (unpaired) electrons. The maximum absolute atomic E-state index is 12.8. The van der Waals surface area contributed by atoms with Crippen molar-refractivity contribution in [3.05, 3.63) is 71.3 Å². The van der Waals surface area contributed by atoms with Gasteiger partial charge in [0.15, 0.2) is 5.96 Å². The second-order valence-corrected chi connectivity index (χ2v) is 6.39. The number of nitrogens with zero attached hydrogens (tertiary/aromatic N) is 1. The van der Waals surface area contributed by atoms with Gasteiger partial charge >= 0.3 is 6.18 Å². The van der Waals surface area contributed by atoms with Crippen LogP contribution in [0.3, 0.4) is 0 Å². The number of hydrogen-bond acceptors (Lipinski definition) is 2. The van der Waals surface area contributed by atoms with E-state index >= 15 is 0 Å². The first-order valence-electron chi connectivity index (χ1n) is 8.68. The minimum atomic E-state index is -4.38. The van der Waals surface area contributed by atoms with Crippen molar-refractivity contribution in [3.8, 4) is 0 Å². The number of aliphatic hydroxyl groups is 1. The highest BCUT2D eigenvalue weighted by molar-refractivity contribution is 5.79. The van der Waals surface area contributed by atoms with E-state index in [4.69, 9.17) is 0 Å². The van der Waals surface area contributed by atoms with E-state index in [0.29, 0.717) is 18.1 Å². The zero-order valence-corrected chi connectivity index (χ0v) is 15.3. The van der Waals surface area contributed by atoms with Crippen molar-refractivity contribution >= 4 is 5.96 Å². The lowest BCUT2D eigenvalue weighted by Crippen LogP contribution is -2.44. The molecule has 2 rings (SSSR count). The van der Waals surface area contributed by atoms with Gasteiger partial charge in [0.1, 0.15) is 5.60 Å². The summed E-state index contributed by atoms with van der Waals surface area (Å²) >= 11 is 0. The van der Waals surface area contributed by atoms with Gasteiger partial charge in [-0.05, 0) is 37.1 Å². The van der Waals surface area contributed by atoms with Crippen molar-refractivity contribution in [1.82, 2.24) is 10.6 Å². The molecule has 0 aromatic heterocycles. The molecule has 0 aliphatic heterocycles. The normalized spacial score (nSPS) is 14.5. The Labute approximate surface area is 157 Å². The topological polar surface area (TPSA) is 56.7 Å². The smallest absolute Gasteiger partial charge is 0.384 e. The van der Waals surface area contributed by atoms with Gasteiger partial charge in [-0.2, -0.15) is 13.2 Å². The molecule has 2 aromatic carbocycles. The standard InChI is InChI=1S/C20H24F3N3O/c1-3-24-18(26-14-19(2,27)16-9-5-4-6-10-16)25-13-15-8-7-11-17(12-15)20(21,22)23/h4-12,27H,3,13-14H2,1-2H3,(H2,24,25,26). The SMILES string of the molecule is CCNC(=NCc1cccc(C(F)(F)F)c1)NCC(C)(O)c1ccccc1. The van der Waals surface area contributed by atoms with Gasteiger partial charge in [0.2, 0.25) is 0 Å². The molecule has 0 aliphatic rings. The average molecular weight is 379 g/mol. The van der Waals surface area contributed by atoms with E-state index in [9.17, 15) is 18.3 Å². The zero-order valence-electron chi connectivity index (χ0n) is 15.3. The fourth-order valence-electron chi connectivity index (χ4n) is 2.51. The summed E-state index contributed by atoms with van der Waals surface area (Å²) in [5, 5.41) is 16.7. The molecule has 1 unspecified atom stereocenters. The summed E-state index contributed by atoms with van der Waals surface area (Å²) in [6.07, 6.45) is -4.38. The molecule has 2 aromatic rings. The quantitative estimate of drug-likeness (QED) is 0.530. The summed E-state index contributed by atoms with van der Waals surface area (Å²) in [5.41, 5.74) is -0.601. The van der Waals surface area contributed by atoms with Gasteiger partial charge in [0.25, 0.3) is 0 Å². The molecule has 3 N–H and O–H groups in total. The summed E-state index contributed by atoms with van der Waals surface area (Å²) < 4.78 is 38.4. The largest absolute Gasteiger partial charge is 0.416 e. The van der Waals surface area contributed by atoms with Crippen LogP contribution in [0.2, 0.25) is 0 Å². The highest BCUT2D eigenvalue weighted by atomic mass is 19.4. The van der Waals surface area contributed by atoms with Crippen molar-refractivity contribution in [2.75, 3.05) is 13.1 Å². The number of aliphatic imine (C=N–C) groups is 1. The number of guanidine groups is 1. The first kappa shape index (κ1) is 20.8. The maximum atomic E-state index is 12.8. The third kappa shape index (κ3) is 6.29. The first-order chi connectivity index (χ1) is 12.7. The van der Waals surface area contributed by atoms with Crippen LogP contribution in [-0.2, 0) is 18.3 Å². The summed E-state index contributed by atoms with van der Waals surface area (Å²) in [5.74, 6) is 0.422. The molecule has 27 heavy (non-hydrogen) atoms. The summed E-state index contributed by atoms with van der Waals surface area (Å²) in [6, 6.07) is 14.3. The Bertz CT molecular complexity index is 759. The van der Waals surface area contributed by atoms with Gasteiger partial charge < -0.3 is 15.7 Å². The number of halogens is 3. The van der Waals surface area contributed by atoms with Crippen LogP contribution >= 0.6 is 0 Å². The van der Waals surface area contributed by atoms with Crippen molar-refractivity contribution in [1.29, 1.82) is 0 Å². The molecular formula is C20H24F3N3O. The van der Waals surface area contributed by atoms with Crippen LogP contribution < -0.4 is 10.6 Å². The summed E-state index contributed by atoms with van der Waals surface area (Å²) in [4.78, 5) is 4.32. The van der Waals surface area contributed by atoms with Gasteiger partial charge in [0.05, 0.1) is 18.7 Å². The van der Waals surface area contributed by atoms with E-state index in [0.717, 1.165) is 17.7 Å². The Balaban J connectivity index is 2.06. The molecule has 0 heterocycles. The maximum Gasteiger partial charge on any atom is 0.416 e. The van der Waals surface area contributed by atoms with Gasteiger partial charge in [-0.25, -0.2) is 4.99 Å². The van der Waals surface area contributed by atoms with Crippen molar-refractivity contribution in [2.45, 2.75) is 32.2 Å². The molecule has 0 amide bonds. The molecule has 0 saturated carbocycles. The average Bonchev–Trinajstić information content (AvgIpc) is 2.64. The van der Waals surface area contributed by atoms with Crippen molar-refractivity contribution < 1.29 is 18.3 Å². The lowest BCUT2D eigenvalue weighted by Gasteiger charge is -2.25. The number of rotatable bonds is 6. The Kier molecular flexibility index (Phi) is 6.85. The minimum absolute atomic E-state index is 0.0900. The lowest BCUT2D eigenvalue weighted by atomic mass is 9.96. The molecule has 0 saturated heterocycles.